The number of hydrogen-bond acceptors (Lipinski definition) is 2. The van der Waals surface area contributed by atoms with E-state index in [-0.39, 0.29) is 11.7 Å². The molecule has 0 fully saturated rings. The number of fused-ring (bicyclic) bond motifs is 1. The molecule has 1 aliphatic heterocycles. The fourth-order valence-electron chi connectivity index (χ4n) is 2.05. The van der Waals surface area contributed by atoms with Gasteiger partial charge in [-0.25, -0.2) is 0 Å². The van der Waals surface area contributed by atoms with E-state index >= 15 is 0 Å². The van der Waals surface area contributed by atoms with Crippen molar-refractivity contribution in [1.82, 2.24) is 0 Å². The van der Waals surface area contributed by atoms with E-state index in [9.17, 15) is 4.79 Å². The van der Waals surface area contributed by atoms with Gasteiger partial charge >= 0.3 is 0 Å². The molecule has 0 saturated heterocycles. The lowest BCUT2D eigenvalue weighted by Crippen LogP contribution is -2.19. The van der Waals surface area contributed by atoms with Crippen molar-refractivity contribution in [2.75, 3.05) is 23.9 Å². The lowest BCUT2D eigenvalue weighted by Gasteiger charge is -2.16. The molecular formula is C12H14ClNO. The van der Waals surface area contributed by atoms with Crippen LogP contribution in [0.25, 0.3) is 0 Å². The highest BCUT2D eigenvalue weighted by atomic mass is 35.5. The van der Waals surface area contributed by atoms with Crippen LogP contribution in [0.5, 0.6) is 0 Å². The quantitative estimate of drug-likeness (QED) is 0.580. The lowest BCUT2D eigenvalue weighted by atomic mass is 10.1. The first-order valence-electron chi connectivity index (χ1n) is 5.23. The van der Waals surface area contributed by atoms with E-state index in [0.29, 0.717) is 0 Å². The second kappa shape index (κ2) is 4.23. The molecule has 1 aromatic rings. The Morgan fingerprint density at radius 3 is 3.00 bits per heavy atom. The first-order chi connectivity index (χ1) is 7.26. The monoisotopic (exact) mass is 223 g/mol. The van der Waals surface area contributed by atoms with Gasteiger partial charge in [0, 0.05) is 24.3 Å². The van der Waals surface area contributed by atoms with Gasteiger partial charge in [0.05, 0.1) is 5.88 Å². The number of ketones is 1. The fourth-order valence-corrected chi connectivity index (χ4v) is 2.20. The van der Waals surface area contributed by atoms with Gasteiger partial charge in [0.1, 0.15) is 0 Å². The molecule has 2 nitrogen and oxygen atoms in total. The number of alkyl halides is 1. The summed E-state index contributed by atoms with van der Waals surface area (Å²) in [6, 6.07) is 5.89. The van der Waals surface area contributed by atoms with Gasteiger partial charge in [-0.3, -0.25) is 4.79 Å². The van der Waals surface area contributed by atoms with Gasteiger partial charge < -0.3 is 4.90 Å². The molecule has 0 aliphatic carbocycles. The largest absolute Gasteiger partial charge is 0.371 e. The molecule has 0 N–H and O–H groups in total. The zero-order valence-corrected chi connectivity index (χ0v) is 9.55. The second-order valence-electron chi connectivity index (χ2n) is 3.73. The summed E-state index contributed by atoms with van der Waals surface area (Å²) >= 11 is 5.53. The minimum Gasteiger partial charge on any atom is -0.371 e. The van der Waals surface area contributed by atoms with Crippen LogP contribution in [0.4, 0.5) is 5.69 Å². The molecule has 2 rings (SSSR count). The molecule has 0 atom stereocenters. The van der Waals surface area contributed by atoms with Crippen LogP contribution in [-0.4, -0.2) is 24.8 Å². The summed E-state index contributed by atoms with van der Waals surface area (Å²) in [6.45, 7) is 4.23. The molecule has 80 valence electrons. The first-order valence-corrected chi connectivity index (χ1v) is 5.76. The maximum Gasteiger partial charge on any atom is 0.177 e. The Kier molecular flexibility index (Phi) is 2.96. The van der Waals surface area contributed by atoms with Crippen LogP contribution >= 0.6 is 11.6 Å². The van der Waals surface area contributed by atoms with Crippen molar-refractivity contribution in [2.24, 2.45) is 0 Å². The number of carbonyl (C=O) groups is 1. The van der Waals surface area contributed by atoms with Gasteiger partial charge in [-0.15, -0.1) is 11.6 Å². The van der Waals surface area contributed by atoms with Crippen molar-refractivity contribution < 1.29 is 4.79 Å². The summed E-state index contributed by atoms with van der Waals surface area (Å²) in [5, 5.41) is 0. The molecule has 0 aromatic heterocycles. The van der Waals surface area contributed by atoms with Gasteiger partial charge in [0.15, 0.2) is 5.78 Å². The van der Waals surface area contributed by atoms with Crippen LogP contribution in [0.3, 0.4) is 0 Å². The molecule has 3 heteroatoms. The number of rotatable bonds is 3. The maximum atomic E-state index is 11.4. The van der Waals surface area contributed by atoms with Crippen LogP contribution in [-0.2, 0) is 6.42 Å². The van der Waals surface area contributed by atoms with Crippen molar-refractivity contribution >= 4 is 23.1 Å². The molecule has 0 spiro atoms. The highest BCUT2D eigenvalue weighted by molar-refractivity contribution is 6.30. The summed E-state index contributed by atoms with van der Waals surface area (Å²) in [5.74, 6) is 0.0745. The molecule has 0 radical (unpaired) electrons. The predicted octanol–water partition coefficient (Wildman–Crippen LogP) is 2.49. The molecule has 15 heavy (non-hydrogen) atoms. The van der Waals surface area contributed by atoms with E-state index in [1.54, 1.807) is 0 Å². The van der Waals surface area contributed by atoms with Gasteiger partial charge in [0.25, 0.3) is 0 Å². The number of hydrogen-bond donors (Lipinski definition) is 0. The van der Waals surface area contributed by atoms with Crippen molar-refractivity contribution in [1.29, 1.82) is 0 Å². The van der Waals surface area contributed by atoms with Gasteiger partial charge in [-0.05, 0) is 37.1 Å². The summed E-state index contributed by atoms with van der Waals surface area (Å²) in [7, 11) is 0. The summed E-state index contributed by atoms with van der Waals surface area (Å²) in [6.07, 6.45) is 1.03. The number of nitrogens with zero attached hydrogens (tertiary/aromatic N) is 1. The SMILES string of the molecule is CCN1CCc2cc(C(=O)CCl)ccc21. The third-order valence-corrected chi connectivity index (χ3v) is 3.14. The number of benzene rings is 1. The lowest BCUT2D eigenvalue weighted by molar-refractivity contribution is 0.102. The third kappa shape index (κ3) is 1.86. The zero-order valence-electron chi connectivity index (χ0n) is 8.79. The summed E-state index contributed by atoms with van der Waals surface area (Å²) in [5.41, 5.74) is 3.28. The summed E-state index contributed by atoms with van der Waals surface area (Å²) < 4.78 is 0. The van der Waals surface area contributed by atoms with Gasteiger partial charge in [-0.1, -0.05) is 0 Å². The van der Waals surface area contributed by atoms with Crippen LogP contribution in [0.1, 0.15) is 22.8 Å². The molecule has 1 aliphatic rings. The number of anilines is 1. The molecule has 0 bridgehead atoms. The van der Waals surface area contributed by atoms with Gasteiger partial charge in [-0.2, -0.15) is 0 Å². The second-order valence-corrected chi connectivity index (χ2v) is 4.00. The molecule has 0 saturated carbocycles. The van der Waals surface area contributed by atoms with E-state index in [0.717, 1.165) is 25.1 Å². The topological polar surface area (TPSA) is 20.3 Å². The Labute approximate surface area is 94.8 Å². The smallest absolute Gasteiger partial charge is 0.177 e. The zero-order chi connectivity index (χ0) is 10.8. The Bertz CT molecular complexity index is 389. The standard InChI is InChI=1S/C12H14ClNO/c1-2-14-6-5-9-7-10(12(15)8-13)3-4-11(9)14/h3-4,7H,2,5-6,8H2,1H3. The average molecular weight is 224 g/mol. The molecule has 0 amide bonds. The number of halogens is 1. The Balaban J connectivity index is 2.33. The van der Waals surface area contributed by atoms with Crippen LogP contribution in [0.2, 0.25) is 0 Å². The maximum absolute atomic E-state index is 11.4. The first kappa shape index (κ1) is 10.5. The molecule has 1 aromatic carbocycles. The van der Waals surface area contributed by atoms with Crippen LogP contribution in [0, 0.1) is 0 Å². The number of likely N-dealkylation sites (N-methyl/N-ethyl adjacent to an activating group) is 1. The Morgan fingerprint density at radius 2 is 2.33 bits per heavy atom. The van der Waals surface area contributed by atoms with Crippen molar-refractivity contribution in [3.8, 4) is 0 Å². The fraction of sp³-hybridized carbons (Fsp3) is 0.417. The normalized spacial score (nSPS) is 14.1. The molecule has 0 unspecified atom stereocenters. The van der Waals surface area contributed by atoms with Crippen molar-refractivity contribution in [2.45, 2.75) is 13.3 Å². The summed E-state index contributed by atoms with van der Waals surface area (Å²) in [4.78, 5) is 13.7. The molecule has 1 heterocycles. The third-order valence-electron chi connectivity index (χ3n) is 2.90. The minimum atomic E-state index is 0.00872. The Morgan fingerprint density at radius 1 is 1.53 bits per heavy atom. The molecular weight excluding hydrogens is 210 g/mol. The highest BCUT2D eigenvalue weighted by Crippen LogP contribution is 2.28. The van der Waals surface area contributed by atoms with Gasteiger partial charge in [0.2, 0.25) is 0 Å². The minimum absolute atomic E-state index is 0.00872. The van der Waals surface area contributed by atoms with Crippen molar-refractivity contribution in [3.05, 3.63) is 29.3 Å². The number of Topliss-reactive ketones (excluding diaryl/α,β-unsaturated/α-hetero) is 1. The van der Waals surface area contributed by atoms with Crippen molar-refractivity contribution in [3.63, 3.8) is 0 Å². The van der Waals surface area contributed by atoms with E-state index in [1.807, 2.05) is 18.2 Å². The predicted molar refractivity (Wildman–Crippen MR) is 63.1 cm³/mol. The number of carbonyl (C=O) groups excluding carboxylic acids is 1. The van der Waals surface area contributed by atoms with E-state index in [2.05, 4.69) is 11.8 Å². The van der Waals surface area contributed by atoms with E-state index in [1.165, 1.54) is 11.3 Å². The van der Waals surface area contributed by atoms with Crippen LogP contribution < -0.4 is 4.90 Å². The highest BCUT2D eigenvalue weighted by Gasteiger charge is 2.18. The average Bonchev–Trinajstić information content (AvgIpc) is 2.69. The van der Waals surface area contributed by atoms with E-state index in [4.69, 9.17) is 11.6 Å². The van der Waals surface area contributed by atoms with Crippen LogP contribution in [0.15, 0.2) is 18.2 Å². The van der Waals surface area contributed by atoms with E-state index < -0.39 is 0 Å². The Hall–Kier alpha value is -1.02.